The van der Waals surface area contributed by atoms with Crippen molar-refractivity contribution in [3.63, 3.8) is 0 Å². The molecule has 0 amide bonds. The molecule has 0 saturated carbocycles. The third kappa shape index (κ3) is 80.5. The van der Waals surface area contributed by atoms with Crippen LogP contribution in [0.4, 0.5) is 0 Å². The van der Waals surface area contributed by atoms with E-state index in [0.29, 0.717) is 12.2 Å². The molecule has 7 heavy (non-hydrogen) atoms. The Morgan fingerprint density at radius 1 is 1.00 bits per heavy atom. The van der Waals surface area contributed by atoms with Crippen molar-refractivity contribution >= 4 is 22.1 Å². The monoisotopic (exact) mass is 118 g/mol. The van der Waals surface area contributed by atoms with E-state index in [1.807, 2.05) is 0 Å². The maximum atomic E-state index is 8.24. The van der Waals surface area contributed by atoms with Crippen LogP contribution in [0.15, 0.2) is 0 Å². The van der Waals surface area contributed by atoms with Crippen molar-refractivity contribution in [2.24, 2.45) is 0 Å². The lowest BCUT2D eigenvalue weighted by Crippen LogP contribution is -1.13. The quantitative estimate of drug-likeness (QED) is 0.251. The fourth-order valence-electron chi connectivity index (χ4n) is 0. The largest absolute Gasteiger partial charge is 0.724 e. The summed E-state index contributed by atoms with van der Waals surface area (Å²) < 4.78 is 0. The van der Waals surface area contributed by atoms with Crippen molar-refractivity contribution in [2.75, 3.05) is 0 Å². The molecule has 0 N–H and O–H groups in total. The van der Waals surface area contributed by atoms with Gasteiger partial charge >= 0.3 is 0 Å². The van der Waals surface area contributed by atoms with E-state index in [-0.39, 0.29) is 9.90 Å². The van der Waals surface area contributed by atoms with Gasteiger partial charge in [0.2, 0.25) is 0 Å². The van der Waals surface area contributed by atoms with Gasteiger partial charge in [-0.25, -0.2) is 0 Å². The van der Waals surface area contributed by atoms with Gasteiger partial charge in [-0.05, 0) is 12.2 Å². The molecule has 0 aliphatic rings. The summed E-state index contributed by atoms with van der Waals surface area (Å²) in [6, 6.07) is 0. The van der Waals surface area contributed by atoms with Crippen LogP contribution >= 0.6 is 9.90 Å². The minimum Gasteiger partial charge on any atom is -0.724 e. The third-order valence-electron chi connectivity index (χ3n) is 0. The zero-order chi connectivity index (χ0) is 5.41. The first-order valence-electron chi connectivity index (χ1n) is 0.855. The van der Waals surface area contributed by atoms with Crippen LogP contribution in [0.2, 0.25) is 0 Å². The van der Waals surface area contributed by atoms with Gasteiger partial charge in [0.15, 0.2) is 0 Å². The fourth-order valence-corrected chi connectivity index (χ4v) is 0. The van der Waals surface area contributed by atoms with Gasteiger partial charge in [0, 0.05) is 0 Å². The van der Waals surface area contributed by atoms with Gasteiger partial charge in [-0.1, -0.05) is 0 Å². The highest BCUT2D eigenvalue weighted by molar-refractivity contribution is 6.92. The number of nitrogens with zero attached hydrogens (tertiary/aromatic N) is 2. The lowest BCUT2D eigenvalue weighted by molar-refractivity contribution is 0.568. The molecule has 0 aromatic carbocycles. The van der Waals surface area contributed by atoms with Gasteiger partial charge in [0.25, 0.3) is 0 Å². The molecule has 1 unspecified atom stereocenters. The highest BCUT2D eigenvalue weighted by atomic mass is 31.0. The molecule has 0 spiro atoms. The first kappa shape index (κ1) is 16.4. The smallest absolute Gasteiger partial charge is 0.0159 e. The van der Waals surface area contributed by atoms with Gasteiger partial charge in [0.05, 0.1) is 0 Å². The second-order valence-electron chi connectivity index (χ2n) is 0.183. The SMILES string of the molecule is P.[N-]=C=O.[N-]=C=O. The average Bonchev–Trinajstić information content (AvgIpc) is 1.39. The number of hydrogen-bond acceptors (Lipinski definition) is 2. The first-order valence-corrected chi connectivity index (χ1v) is 0.855. The molecule has 0 fully saturated rings. The summed E-state index contributed by atoms with van der Waals surface area (Å²) in [6.45, 7) is 0. The lowest BCUT2D eigenvalue weighted by atomic mass is 11.7. The van der Waals surface area contributed by atoms with E-state index in [2.05, 4.69) is 0 Å². The summed E-state index contributed by atoms with van der Waals surface area (Å²) in [7, 11) is 0. The Hall–Kier alpha value is -0.810. The van der Waals surface area contributed by atoms with Crippen LogP contribution in [0, 0.1) is 0 Å². The molecule has 0 radical (unpaired) electrons. The van der Waals surface area contributed by atoms with Gasteiger partial charge < -0.3 is 10.8 Å². The third-order valence-corrected chi connectivity index (χ3v) is 0. The molecule has 0 rings (SSSR count). The second kappa shape index (κ2) is 64.3. The van der Waals surface area contributed by atoms with Crippen molar-refractivity contribution in [1.82, 2.24) is 0 Å². The summed E-state index contributed by atoms with van der Waals surface area (Å²) in [6.07, 6.45) is 1.00. The van der Waals surface area contributed by atoms with Crippen LogP contribution in [0.1, 0.15) is 0 Å². The van der Waals surface area contributed by atoms with Crippen LogP contribution < -0.4 is 0 Å². The molecular weight excluding hydrogens is 115 g/mol. The normalized spacial score (nSPS) is 2.29. The number of carbonyl (C=O) groups excluding carboxylic acids is 2. The summed E-state index contributed by atoms with van der Waals surface area (Å²) in [5, 5.41) is 13.5. The number of hydrogen-bond donors (Lipinski definition) is 0. The van der Waals surface area contributed by atoms with Gasteiger partial charge in [-0.3, -0.25) is 9.59 Å². The topological polar surface area (TPSA) is 78.7 Å². The van der Waals surface area contributed by atoms with Crippen molar-refractivity contribution in [1.29, 1.82) is 0 Å². The predicted octanol–water partition coefficient (Wildman–Crippen LogP) is -0.159. The maximum absolute atomic E-state index is 8.24. The van der Waals surface area contributed by atoms with E-state index in [1.54, 1.807) is 0 Å². The average molecular weight is 118 g/mol. The molecule has 0 aliphatic heterocycles. The van der Waals surface area contributed by atoms with Crippen LogP contribution in [0.3, 0.4) is 0 Å². The van der Waals surface area contributed by atoms with Crippen molar-refractivity contribution in [3.8, 4) is 0 Å². The lowest BCUT2D eigenvalue weighted by Gasteiger charge is -1.32. The van der Waals surface area contributed by atoms with Gasteiger partial charge in [0.1, 0.15) is 0 Å². The van der Waals surface area contributed by atoms with E-state index < -0.39 is 0 Å². The standard InChI is InChI=1S/2CNO.H3P/c2*2-1-3;/h;;1H3/q2*-1;. The maximum Gasteiger partial charge on any atom is -0.0159 e. The molecule has 0 aliphatic carbocycles. The van der Waals surface area contributed by atoms with E-state index in [1.165, 1.54) is 0 Å². The Bertz CT molecular complexity index is 67.7. The molecule has 1 atom stereocenters. The molecule has 5 heteroatoms. The zero-order valence-corrected chi connectivity index (χ0v) is 4.83. The Balaban J connectivity index is -0.0000000400. The second-order valence-corrected chi connectivity index (χ2v) is 0.183. The Morgan fingerprint density at radius 3 is 1.00 bits per heavy atom. The summed E-state index contributed by atoms with van der Waals surface area (Å²) in [4.78, 5) is 16.5. The molecule has 0 bridgehead atoms. The van der Waals surface area contributed by atoms with Gasteiger partial charge in [-0.15, -0.1) is 0 Å². The molecule has 40 valence electrons. The van der Waals surface area contributed by atoms with Crippen molar-refractivity contribution in [3.05, 3.63) is 10.8 Å². The minimum absolute atomic E-state index is 0. The Morgan fingerprint density at radius 2 is 1.00 bits per heavy atom. The summed E-state index contributed by atoms with van der Waals surface area (Å²) >= 11 is 0. The Kier molecular flexibility index (Phi) is 151. The molecule has 0 saturated heterocycles. The number of isocyanates is 2. The number of rotatable bonds is 0. The molecule has 0 heterocycles. The van der Waals surface area contributed by atoms with E-state index in [4.69, 9.17) is 20.4 Å². The van der Waals surface area contributed by atoms with E-state index >= 15 is 0 Å². The van der Waals surface area contributed by atoms with Crippen LogP contribution in [-0.2, 0) is 9.59 Å². The highest BCUT2D eigenvalue weighted by Gasteiger charge is 0.793. The fraction of sp³-hybridized carbons (Fsp3) is 0. The minimum atomic E-state index is 0. The predicted molar refractivity (Wildman–Crippen MR) is 29.2 cm³/mol. The molecule has 4 nitrogen and oxygen atoms in total. The molecular formula is C2H3N2O2P-2. The van der Waals surface area contributed by atoms with Crippen molar-refractivity contribution in [2.45, 2.75) is 0 Å². The van der Waals surface area contributed by atoms with E-state index in [0.717, 1.165) is 0 Å². The molecule has 0 aromatic rings. The van der Waals surface area contributed by atoms with E-state index in [9.17, 15) is 0 Å². The Labute approximate surface area is 43.6 Å². The van der Waals surface area contributed by atoms with Crippen LogP contribution in [0.25, 0.3) is 10.8 Å². The summed E-state index contributed by atoms with van der Waals surface area (Å²) in [5.41, 5.74) is 0. The summed E-state index contributed by atoms with van der Waals surface area (Å²) in [5.74, 6) is 0. The van der Waals surface area contributed by atoms with Crippen LogP contribution in [-0.4, -0.2) is 12.2 Å². The van der Waals surface area contributed by atoms with Crippen LogP contribution in [0.5, 0.6) is 0 Å². The van der Waals surface area contributed by atoms with Gasteiger partial charge in [-0.2, -0.15) is 9.90 Å². The first-order chi connectivity index (χ1) is 2.83. The zero-order valence-electron chi connectivity index (χ0n) is 3.42. The molecule has 0 aromatic heterocycles. The van der Waals surface area contributed by atoms with Crippen molar-refractivity contribution < 1.29 is 9.59 Å². The highest BCUT2D eigenvalue weighted by Crippen LogP contribution is 0.952.